The lowest BCUT2D eigenvalue weighted by molar-refractivity contribution is -0.140. The van der Waals surface area contributed by atoms with Crippen LogP contribution in [0.25, 0.3) is 0 Å². The zero-order valence-corrected chi connectivity index (χ0v) is 15.5. The molecule has 3 nitrogen and oxygen atoms in total. The van der Waals surface area contributed by atoms with Crippen molar-refractivity contribution in [2.45, 2.75) is 75.3 Å². The Morgan fingerprint density at radius 3 is 2.65 bits per heavy atom. The number of ether oxygens (including phenoxy) is 1. The fourth-order valence-electron chi connectivity index (χ4n) is 7.25. The van der Waals surface area contributed by atoms with Crippen LogP contribution in [0.5, 0.6) is 0 Å². The molecule has 0 amide bonds. The molecule has 0 aromatic heterocycles. The number of hydrogen-bond acceptors (Lipinski definition) is 3. The van der Waals surface area contributed by atoms with Crippen molar-refractivity contribution in [1.29, 1.82) is 0 Å². The van der Waals surface area contributed by atoms with Crippen molar-refractivity contribution in [3.05, 3.63) is 0 Å². The Balaban J connectivity index is 1.52. The summed E-state index contributed by atoms with van der Waals surface area (Å²) in [4.78, 5) is 24.9. The fourth-order valence-corrected chi connectivity index (χ4v) is 8.17. The third-order valence-corrected chi connectivity index (χ3v) is 9.44. The van der Waals surface area contributed by atoms with E-state index in [1.54, 1.807) is 0 Å². The van der Waals surface area contributed by atoms with Gasteiger partial charge in [-0.15, -0.1) is 0 Å². The second-order valence-electron chi connectivity index (χ2n) is 9.21. The van der Waals surface area contributed by atoms with Gasteiger partial charge in [0.2, 0.25) is 0 Å². The summed E-state index contributed by atoms with van der Waals surface area (Å²) >= 11 is 3.64. The maximum Gasteiger partial charge on any atom is 0.164 e. The van der Waals surface area contributed by atoms with Crippen molar-refractivity contribution in [1.82, 2.24) is 0 Å². The minimum absolute atomic E-state index is 0.0535. The summed E-state index contributed by atoms with van der Waals surface area (Å²) in [6, 6.07) is 0. The number of rotatable bonds is 0. The molecular formula is C19H25BrO3. The van der Waals surface area contributed by atoms with Crippen molar-refractivity contribution in [3.63, 3.8) is 0 Å². The fraction of sp³-hybridized carbons (Fsp3) is 0.895. The largest absolute Gasteiger partial charge is 0.357 e. The van der Waals surface area contributed by atoms with Crippen LogP contribution in [0.15, 0.2) is 0 Å². The van der Waals surface area contributed by atoms with Crippen molar-refractivity contribution in [2.24, 2.45) is 28.6 Å². The molecule has 0 unspecified atom stereocenters. The Bertz CT molecular complexity index is 618. The van der Waals surface area contributed by atoms with E-state index in [9.17, 15) is 9.59 Å². The number of Topliss-reactive ketones (excluding diaryl/α,β-unsaturated/α-hetero) is 2. The molecule has 1 aliphatic heterocycles. The molecule has 4 aliphatic carbocycles. The van der Waals surface area contributed by atoms with E-state index in [1.165, 1.54) is 0 Å². The van der Waals surface area contributed by atoms with E-state index in [0.29, 0.717) is 35.7 Å². The molecule has 1 spiro atoms. The monoisotopic (exact) mass is 380 g/mol. The molecule has 5 fully saturated rings. The topological polar surface area (TPSA) is 46.7 Å². The van der Waals surface area contributed by atoms with Crippen LogP contribution in [0, 0.1) is 28.6 Å². The summed E-state index contributed by atoms with van der Waals surface area (Å²) in [6.07, 6.45) is 6.88. The van der Waals surface area contributed by atoms with Crippen LogP contribution in [0.3, 0.4) is 0 Å². The highest BCUT2D eigenvalue weighted by molar-refractivity contribution is 9.10. The number of ketones is 2. The minimum atomic E-state index is -0.145. The van der Waals surface area contributed by atoms with E-state index in [-0.39, 0.29) is 27.4 Å². The van der Waals surface area contributed by atoms with Gasteiger partial charge >= 0.3 is 0 Å². The van der Waals surface area contributed by atoms with Gasteiger partial charge in [-0.25, -0.2) is 0 Å². The van der Waals surface area contributed by atoms with Crippen molar-refractivity contribution >= 4 is 27.5 Å². The molecule has 0 bridgehead atoms. The van der Waals surface area contributed by atoms with Gasteiger partial charge in [0.15, 0.2) is 11.6 Å². The number of alkyl halides is 1. The molecule has 23 heavy (non-hydrogen) atoms. The number of carbonyl (C=O) groups excluding carboxylic acids is 2. The first-order valence-electron chi connectivity index (χ1n) is 9.22. The van der Waals surface area contributed by atoms with Gasteiger partial charge in [-0.05, 0) is 56.3 Å². The normalized spacial score (nSPS) is 60.6. The first-order chi connectivity index (χ1) is 10.8. The molecule has 0 aromatic carbocycles. The van der Waals surface area contributed by atoms with Gasteiger partial charge < -0.3 is 4.74 Å². The summed E-state index contributed by atoms with van der Waals surface area (Å²) in [5.41, 5.74) is -0.124. The van der Waals surface area contributed by atoms with E-state index in [2.05, 4.69) is 29.8 Å². The van der Waals surface area contributed by atoms with Gasteiger partial charge in [0.1, 0.15) is 11.7 Å². The van der Waals surface area contributed by atoms with E-state index in [1.807, 2.05) is 0 Å². The quantitative estimate of drug-likeness (QED) is 0.475. The molecule has 0 radical (unpaired) electrons. The number of carbonyl (C=O) groups is 2. The summed E-state index contributed by atoms with van der Waals surface area (Å²) in [5.74, 6) is 2.54. The minimum Gasteiger partial charge on any atom is -0.357 e. The van der Waals surface area contributed by atoms with Gasteiger partial charge in [0, 0.05) is 17.3 Å². The summed E-state index contributed by atoms with van der Waals surface area (Å²) in [6.45, 7) is 4.60. The van der Waals surface area contributed by atoms with Gasteiger partial charge in [0.25, 0.3) is 0 Å². The molecule has 1 saturated heterocycles. The molecule has 0 aromatic rings. The van der Waals surface area contributed by atoms with Gasteiger partial charge in [0.05, 0.1) is 4.83 Å². The molecule has 5 aliphatic rings. The maximum atomic E-state index is 12.7. The highest BCUT2D eigenvalue weighted by Gasteiger charge is 2.76. The summed E-state index contributed by atoms with van der Waals surface area (Å²) < 4.78 is 6.09. The Hall–Kier alpha value is -0.220. The lowest BCUT2D eigenvalue weighted by Gasteiger charge is -2.58. The SMILES string of the molecule is C[C@]12CC[C@H]3[C@@H](CC[C@]45O[C@H]4C(=O)CC[C@]35C)[C@@H]1C[C@H](Br)C2=O. The van der Waals surface area contributed by atoms with Crippen LogP contribution in [0.4, 0.5) is 0 Å². The molecular weight excluding hydrogens is 356 g/mol. The molecule has 4 heteroatoms. The van der Waals surface area contributed by atoms with E-state index in [0.717, 1.165) is 38.5 Å². The molecule has 126 valence electrons. The smallest absolute Gasteiger partial charge is 0.164 e. The second kappa shape index (κ2) is 4.30. The molecule has 5 rings (SSSR count). The second-order valence-corrected chi connectivity index (χ2v) is 10.3. The number of fused-ring (bicyclic) bond motifs is 4. The van der Waals surface area contributed by atoms with Crippen LogP contribution in [0.1, 0.15) is 58.8 Å². The van der Waals surface area contributed by atoms with Crippen molar-refractivity contribution < 1.29 is 14.3 Å². The maximum absolute atomic E-state index is 12.7. The average molecular weight is 381 g/mol. The molecule has 1 heterocycles. The molecule has 4 saturated carbocycles. The van der Waals surface area contributed by atoms with Gasteiger partial charge in [-0.3, -0.25) is 9.59 Å². The zero-order chi connectivity index (χ0) is 16.2. The number of epoxide rings is 1. The molecule has 0 N–H and O–H groups in total. The van der Waals surface area contributed by atoms with Gasteiger partial charge in [-0.2, -0.15) is 0 Å². The lowest BCUT2D eigenvalue weighted by Crippen LogP contribution is -2.58. The molecule has 8 atom stereocenters. The van der Waals surface area contributed by atoms with Crippen LogP contribution in [0.2, 0.25) is 0 Å². The summed E-state index contributed by atoms with van der Waals surface area (Å²) in [5, 5.41) is 0. The Labute approximate surface area is 146 Å². The van der Waals surface area contributed by atoms with Crippen LogP contribution < -0.4 is 0 Å². The summed E-state index contributed by atoms with van der Waals surface area (Å²) in [7, 11) is 0. The zero-order valence-electron chi connectivity index (χ0n) is 13.9. The first kappa shape index (κ1) is 15.1. The van der Waals surface area contributed by atoms with Crippen LogP contribution >= 0.6 is 15.9 Å². The van der Waals surface area contributed by atoms with Gasteiger partial charge in [-0.1, -0.05) is 29.8 Å². The number of hydrogen-bond donors (Lipinski definition) is 0. The third kappa shape index (κ3) is 1.57. The lowest BCUT2D eigenvalue weighted by atomic mass is 9.45. The number of halogens is 1. The standard InChI is InChI=1S/C19H25BrO3/c1-17-6-4-11-10(12(17)9-13(20)15(17)22)3-8-19-16(23-19)14(21)5-7-18(11,19)2/h10-13,16H,3-9H2,1-2H3/t10-,11+,12+,13+,16+,17+,18-,19+/m1/s1. The Morgan fingerprint density at radius 1 is 1.09 bits per heavy atom. The van der Waals surface area contributed by atoms with Crippen molar-refractivity contribution in [3.8, 4) is 0 Å². The van der Waals surface area contributed by atoms with Crippen molar-refractivity contribution in [2.75, 3.05) is 0 Å². The van der Waals surface area contributed by atoms with E-state index in [4.69, 9.17) is 4.74 Å². The van der Waals surface area contributed by atoms with Crippen LogP contribution in [-0.2, 0) is 14.3 Å². The predicted octanol–water partition coefficient (Wildman–Crippen LogP) is 3.67. The first-order valence-corrected chi connectivity index (χ1v) is 10.1. The average Bonchev–Trinajstić information content (AvgIpc) is 3.22. The predicted molar refractivity (Wildman–Crippen MR) is 89.3 cm³/mol. The Kier molecular flexibility index (Phi) is 2.82. The third-order valence-electron chi connectivity index (χ3n) is 8.65. The van der Waals surface area contributed by atoms with Crippen LogP contribution in [-0.4, -0.2) is 28.1 Å². The highest BCUT2D eigenvalue weighted by atomic mass is 79.9. The Morgan fingerprint density at radius 2 is 1.87 bits per heavy atom. The van der Waals surface area contributed by atoms with E-state index < -0.39 is 0 Å². The highest BCUT2D eigenvalue weighted by Crippen LogP contribution is 2.71. The van der Waals surface area contributed by atoms with E-state index >= 15 is 0 Å².